The molecule has 3 nitrogen and oxygen atoms in total. The highest BCUT2D eigenvalue weighted by atomic mass is 16.5. The fourth-order valence-corrected chi connectivity index (χ4v) is 9.84. The van der Waals surface area contributed by atoms with E-state index in [0.717, 1.165) is 51.4 Å². The lowest BCUT2D eigenvalue weighted by Gasteiger charge is -2.67. The number of methoxy groups -OCH3 is 1. The zero-order chi connectivity index (χ0) is 26.1. The van der Waals surface area contributed by atoms with E-state index in [2.05, 4.69) is 67.5 Å². The van der Waals surface area contributed by atoms with Crippen LogP contribution in [0.2, 0.25) is 0 Å². The van der Waals surface area contributed by atoms with E-state index in [1.165, 1.54) is 12.8 Å². The molecule has 4 aliphatic carbocycles. The maximum absolute atomic E-state index is 13.4. The van der Waals surface area contributed by atoms with Crippen LogP contribution in [0, 0.1) is 50.2 Å². The van der Waals surface area contributed by atoms with Crippen LogP contribution in [-0.4, -0.2) is 24.3 Å². The molecule has 35 heavy (non-hydrogen) atoms. The van der Waals surface area contributed by atoms with E-state index in [-0.39, 0.29) is 50.5 Å². The van der Waals surface area contributed by atoms with Crippen molar-refractivity contribution in [3.05, 3.63) is 12.2 Å². The fourth-order valence-electron chi connectivity index (χ4n) is 9.84. The van der Waals surface area contributed by atoms with Crippen LogP contribution in [0.25, 0.3) is 0 Å². The molecular formula is C32H54O3. The van der Waals surface area contributed by atoms with Gasteiger partial charge in [0, 0.05) is 0 Å². The third kappa shape index (κ3) is 4.05. The number of rotatable bonds is 1. The van der Waals surface area contributed by atoms with Crippen molar-refractivity contribution in [2.75, 3.05) is 7.11 Å². The Morgan fingerprint density at radius 1 is 0.857 bits per heavy atom. The minimum absolute atomic E-state index is 0.0133. The van der Waals surface area contributed by atoms with Gasteiger partial charge in [-0.25, -0.2) is 0 Å². The van der Waals surface area contributed by atoms with Gasteiger partial charge in [0.25, 0.3) is 0 Å². The topological polar surface area (TPSA) is 46.5 Å². The first kappa shape index (κ1) is 27.2. The molecule has 7 atom stereocenters. The third-order valence-corrected chi connectivity index (χ3v) is 12.8. The van der Waals surface area contributed by atoms with E-state index in [4.69, 9.17) is 4.74 Å². The van der Waals surface area contributed by atoms with Crippen molar-refractivity contribution in [3.63, 3.8) is 0 Å². The highest BCUT2D eigenvalue weighted by Gasteiger charge is 2.63. The number of aliphatic hydroxyl groups excluding tert-OH is 1. The predicted octanol–water partition coefficient (Wildman–Crippen LogP) is 7.96. The molecule has 0 bridgehead atoms. The monoisotopic (exact) mass is 486 g/mol. The number of hydrogen-bond donors (Lipinski definition) is 1. The van der Waals surface area contributed by atoms with Crippen molar-refractivity contribution >= 4 is 5.97 Å². The first-order valence-corrected chi connectivity index (χ1v) is 14.5. The Morgan fingerprint density at radius 3 is 2.17 bits per heavy atom. The summed E-state index contributed by atoms with van der Waals surface area (Å²) in [7, 11) is 1.58. The van der Waals surface area contributed by atoms with Crippen LogP contribution in [0.5, 0.6) is 0 Å². The molecule has 0 aliphatic heterocycles. The summed E-state index contributed by atoms with van der Waals surface area (Å²) in [5.41, 5.74) is 0.368. The number of carbonyl (C=O) groups is 1. The van der Waals surface area contributed by atoms with Crippen molar-refractivity contribution in [1.82, 2.24) is 0 Å². The van der Waals surface area contributed by atoms with Gasteiger partial charge in [0.1, 0.15) is 0 Å². The van der Waals surface area contributed by atoms with Gasteiger partial charge in [-0.15, -0.1) is 0 Å². The molecular weight excluding hydrogens is 432 g/mol. The van der Waals surface area contributed by atoms with Crippen LogP contribution in [-0.2, 0) is 9.53 Å². The van der Waals surface area contributed by atoms with Crippen molar-refractivity contribution in [2.45, 2.75) is 126 Å². The van der Waals surface area contributed by atoms with E-state index < -0.39 is 0 Å². The molecule has 0 aromatic heterocycles. The van der Waals surface area contributed by atoms with Gasteiger partial charge in [-0.3, -0.25) is 4.79 Å². The van der Waals surface area contributed by atoms with Gasteiger partial charge in [-0.05, 0) is 109 Å². The number of carbonyl (C=O) groups excluding carboxylic acids is 1. The van der Waals surface area contributed by atoms with Crippen LogP contribution in [0.15, 0.2) is 12.2 Å². The third-order valence-electron chi connectivity index (χ3n) is 12.8. The first-order valence-electron chi connectivity index (χ1n) is 14.5. The molecule has 3 unspecified atom stereocenters. The van der Waals surface area contributed by atoms with Crippen molar-refractivity contribution in [2.24, 2.45) is 50.2 Å². The average molecular weight is 487 g/mol. The summed E-state index contributed by atoms with van der Waals surface area (Å²) >= 11 is 0. The van der Waals surface area contributed by atoms with Gasteiger partial charge in [0.05, 0.1) is 18.6 Å². The molecule has 0 amide bonds. The van der Waals surface area contributed by atoms with Gasteiger partial charge in [-0.1, -0.05) is 67.5 Å². The number of allylic oxidation sites excluding steroid dienone is 2. The molecule has 0 aromatic rings. The second-order valence-corrected chi connectivity index (χ2v) is 15.6. The number of aliphatic hydroxyl groups is 1. The molecule has 0 aromatic carbocycles. The molecule has 0 saturated heterocycles. The largest absolute Gasteiger partial charge is 0.469 e. The second kappa shape index (κ2) is 8.60. The van der Waals surface area contributed by atoms with E-state index in [9.17, 15) is 9.90 Å². The quantitative estimate of drug-likeness (QED) is 0.302. The summed E-state index contributed by atoms with van der Waals surface area (Å²) in [4.78, 5) is 13.4. The summed E-state index contributed by atoms with van der Waals surface area (Å²) in [6.45, 7) is 19.5. The molecule has 3 fully saturated rings. The Balaban J connectivity index is 1.79. The molecule has 4 rings (SSSR count). The van der Waals surface area contributed by atoms with Crippen LogP contribution < -0.4 is 0 Å². The normalized spacial score (nSPS) is 47.4. The lowest BCUT2D eigenvalue weighted by Crippen LogP contribution is -2.61. The van der Waals surface area contributed by atoms with E-state index in [1.807, 2.05) is 0 Å². The SMILES string of the molecule is COC(=O)[C@]12CCC(C)(C)C[C@H]1/C=C/CC1C(C)(CCC3C(C)(C)[C@@H](O)CC[C@@]31C)C(C)(C)CC2. The number of esters is 1. The standard InChI is InChI=1S/C32H54O3/c1-27(2)17-19-32(26(34)35-9)20-18-28(3,4)31(8)16-13-23-29(5,6)25(33)14-15-30(23,7)24(31)12-10-11-22(32)21-27/h10-11,22-25,33H,12-21H2,1-9H3/b11-10+/t22-,23?,24?,25+,30+,31?,32+/m1/s1. The first-order chi connectivity index (χ1) is 16.1. The highest BCUT2D eigenvalue weighted by Crippen LogP contribution is 2.70. The van der Waals surface area contributed by atoms with E-state index in [1.54, 1.807) is 7.11 Å². The smallest absolute Gasteiger partial charge is 0.312 e. The van der Waals surface area contributed by atoms with Gasteiger partial charge in [0.2, 0.25) is 0 Å². The summed E-state index contributed by atoms with van der Waals surface area (Å²) in [6, 6.07) is 0. The molecule has 0 spiro atoms. The molecule has 1 N–H and O–H groups in total. The molecule has 3 heteroatoms. The minimum Gasteiger partial charge on any atom is -0.469 e. The van der Waals surface area contributed by atoms with Gasteiger partial charge in [0.15, 0.2) is 0 Å². The summed E-state index contributed by atoms with van der Waals surface area (Å²) < 4.78 is 5.51. The maximum Gasteiger partial charge on any atom is 0.312 e. The van der Waals surface area contributed by atoms with Crippen LogP contribution in [0.4, 0.5) is 0 Å². The highest BCUT2D eigenvalue weighted by molar-refractivity contribution is 5.77. The minimum atomic E-state index is -0.390. The zero-order valence-corrected chi connectivity index (χ0v) is 24.3. The van der Waals surface area contributed by atoms with Crippen LogP contribution in [0.1, 0.15) is 120 Å². The Labute approximate surface area is 215 Å². The molecule has 4 aliphatic rings. The Hall–Kier alpha value is -0.830. The zero-order valence-electron chi connectivity index (χ0n) is 24.3. The fraction of sp³-hybridized carbons (Fsp3) is 0.906. The Morgan fingerprint density at radius 2 is 1.51 bits per heavy atom. The van der Waals surface area contributed by atoms with Crippen LogP contribution in [0.3, 0.4) is 0 Å². The maximum atomic E-state index is 13.4. The summed E-state index contributed by atoms with van der Waals surface area (Å²) in [5, 5.41) is 11.0. The predicted molar refractivity (Wildman–Crippen MR) is 144 cm³/mol. The van der Waals surface area contributed by atoms with Crippen molar-refractivity contribution < 1.29 is 14.6 Å². The Kier molecular flexibility index (Phi) is 6.69. The van der Waals surface area contributed by atoms with E-state index >= 15 is 0 Å². The van der Waals surface area contributed by atoms with Gasteiger partial charge in [-0.2, -0.15) is 0 Å². The molecule has 3 saturated carbocycles. The van der Waals surface area contributed by atoms with E-state index in [0.29, 0.717) is 11.8 Å². The van der Waals surface area contributed by atoms with Gasteiger partial charge >= 0.3 is 5.97 Å². The molecule has 200 valence electrons. The van der Waals surface area contributed by atoms with Crippen molar-refractivity contribution in [3.8, 4) is 0 Å². The lowest BCUT2D eigenvalue weighted by molar-refractivity contribution is -0.196. The Bertz CT molecular complexity index is 853. The van der Waals surface area contributed by atoms with Gasteiger partial charge < -0.3 is 9.84 Å². The molecule has 0 radical (unpaired) electrons. The number of fused-ring (bicyclic) bond motifs is 4. The number of ether oxygens (including phenoxy) is 1. The summed E-state index contributed by atoms with van der Waals surface area (Å²) in [5.74, 6) is 1.39. The average Bonchev–Trinajstić information content (AvgIpc) is 2.76. The second-order valence-electron chi connectivity index (χ2n) is 15.6. The lowest BCUT2D eigenvalue weighted by atomic mass is 9.38. The molecule has 0 heterocycles. The van der Waals surface area contributed by atoms with Crippen LogP contribution >= 0.6 is 0 Å². The number of hydrogen-bond acceptors (Lipinski definition) is 3. The van der Waals surface area contributed by atoms with Crippen molar-refractivity contribution in [1.29, 1.82) is 0 Å². The summed E-state index contributed by atoms with van der Waals surface area (Å²) in [6.07, 6.45) is 15.3.